The predicted molar refractivity (Wildman–Crippen MR) is 58.2 cm³/mol. The number of aryl methyl sites for hydroxylation is 1. The summed E-state index contributed by atoms with van der Waals surface area (Å²) in [5.74, 6) is 0. The summed E-state index contributed by atoms with van der Waals surface area (Å²) in [6.07, 6.45) is 0. The number of benzene rings is 1. The van der Waals surface area contributed by atoms with Crippen LogP contribution >= 0.6 is 0 Å². The molecule has 0 aliphatic rings. The zero-order valence-corrected chi connectivity index (χ0v) is 10.6. The van der Waals surface area contributed by atoms with Gasteiger partial charge in [-0.05, 0) is 0 Å². The molecule has 1 unspecified atom stereocenters. The Morgan fingerprint density at radius 2 is 1.62 bits per heavy atom. The van der Waals surface area contributed by atoms with E-state index in [0.29, 0.717) is 4.71 Å². The van der Waals surface area contributed by atoms with Crippen molar-refractivity contribution in [2.45, 2.75) is 31.2 Å². The van der Waals surface area contributed by atoms with Gasteiger partial charge in [0.05, 0.1) is 0 Å². The standard InChI is InChI=1S/C11H17AsO/c1-9(2)12(4,13)11-7-5-10(3)6-8-11/h5-9H,1-4H3. The van der Waals surface area contributed by atoms with Gasteiger partial charge in [0.1, 0.15) is 0 Å². The fraction of sp³-hybridized carbons (Fsp3) is 0.455. The van der Waals surface area contributed by atoms with Gasteiger partial charge in [0.2, 0.25) is 0 Å². The van der Waals surface area contributed by atoms with Crippen LogP contribution in [0.15, 0.2) is 24.3 Å². The van der Waals surface area contributed by atoms with Crippen molar-refractivity contribution in [2.75, 3.05) is 0 Å². The molecule has 0 fully saturated rings. The van der Waals surface area contributed by atoms with E-state index >= 15 is 0 Å². The summed E-state index contributed by atoms with van der Waals surface area (Å²) < 4.78 is 13.6. The molecule has 1 atom stereocenters. The second kappa shape index (κ2) is 3.75. The van der Waals surface area contributed by atoms with Crippen LogP contribution in [0, 0.1) is 6.92 Å². The molecule has 1 aromatic carbocycles. The Morgan fingerprint density at radius 1 is 1.15 bits per heavy atom. The molecule has 0 spiro atoms. The average molecular weight is 240 g/mol. The minimum atomic E-state index is -2.78. The molecule has 1 nitrogen and oxygen atoms in total. The molecule has 13 heavy (non-hydrogen) atoms. The molecular formula is C11H17AsO. The van der Waals surface area contributed by atoms with Crippen molar-refractivity contribution in [1.82, 2.24) is 0 Å². The molecule has 0 radical (unpaired) electrons. The van der Waals surface area contributed by atoms with Crippen molar-refractivity contribution >= 4 is 17.8 Å². The summed E-state index contributed by atoms with van der Waals surface area (Å²) in [6, 6.07) is 8.09. The third kappa shape index (κ3) is 2.28. The number of hydrogen-bond donors (Lipinski definition) is 0. The maximum atomic E-state index is 12.3. The van der Waals surface area contributed by atoms with Gasteiger partial charge in [-0.2, -0.15) is 0 Å². The fourth-order valence-electron chi connectivity index (χ4n) is 1.14. The normalized spacial score (nSPS) is 15.8. The molecule has 0 amide bonds. The van der Waals surface area contributed by atoms with Crippen molar-refractivity contribution in [2.24, 2.45) is 0 Å². The molecule has 0 saturated carbocycles. The Balaban J connectivity index is 3.09. The van der Waals surface area contributed by atoms with Gasteiger partial charge in [-0.1, -0.05) is 0 Å². The molecule has 1 rings (SSSR count). The first kappa shape index (κ1) is 10.7. The molecule has 72 valence electrons. The third-order valence-corrected chi connectivity index (χ3v) is 9.44. The summed E-state index contributed by atoms with van der Waals surface area (Å²) in [6.45, 7) is 6.13. The molecule has 1 aromatic rings. The summed E-state index contributed by atoms with van der Waals surface area (Å²) in [4.78, 5) is 0. The Morgan fingerprint density at radius 3 is 2.00 bits per heavy atom. The summed E-state index contributed by atoms with van der Waals surface area (Å²) in [5.41, 5.74) is 3.15. The molecular weight excluding hydrogens is 223 g/mol. The Bertz CT molecular complexity index is 324. The molecule has 0 bridgehead atoms. The Kier molecular flexibility index (Phi) is 3.08. The van der Waals surface area contributed by atoms with Gasteiger partial charge in [0.15, 0.2) is 0 Å². The van der Waals surface area contributed by atoms with Gasteiger partial charge in [0, 0.05) is 0 Å². The van der Waals surface area contributed by atoms with E-state index in [4.69, 9.17) is 0 Å². The van der Waals surface area contributed by atoms with Gasteiger partial charge in [-0.3, -0.25) is 0 Å². The average Bonchev–Trinajstić information content (AvgIpc) is 2.04. The van der Waals surface area contributed by atoms with Crippen LogP contribution in [-0.4, -0.2) is 13.5 Å². The van der Waals surface area contributed by atoms with E-state index in [1.807, 2.05) is 50.7 Å². The summed E-state index contributed by atoms with van der Waals surface area (Å²) in [7, 11) is 0. The van der Waals surface area contributed by atoms with Crippen molar-refractivity contribution in [3.8, 4) is 0 Å². The van der Waals surface area contributed by atoms with Gasteiger partial charge < -0.3 is 0 Å². The van der Waals surface area contributed by atoms with E-state index < -0.39 is 13.5 Å². The van der Waals surface area contributed by atoms with Crippen molar-refractivity contribution in [3.63, 3.8) is 0 Å². The van der Waals surface area contributed by atoms with Gasteiger partial charge >= 0.3 is 82.6 Å². The molecule has 0 N–H and O–H groups in total. The molecule has 0 saturated heterocycles. The molecule has 0 aromatic heterocycles. The first-order valence-corrected chi connectivity index (χ1v) is 9.25. The van der Waals surface area contributed by atoms with Crippen LogP contribution in [0.1, 0.15) is 19.4 Å². The minimum absolute atomic E-state index is 0.292. The number of hydrogen-bond acceptors (Lipinski definition) is 1. The van der Waals surface area contributed by atoms with Crippen LogP contribution < -0.4 is 4.35 Å². The first-order chi connectivity index (χ1) is 5.94. The van der Waals surface area contributed by atoms with E-state index in [0.717, 1.165) is 4.35 Å². The second-order valence-corrected chi connectivity index (χ2v) is 11.3. The van der Waals surface area contributed by atoms with E-state index in [1.165, 1.54) is 5.56 Å². The van der Waals surface area contributed by atoms with Crippen LogP contribution in [0.3, 0.4) is 0 Å². The van der Waals surface area contributed by atoms with Crippen molar-refractivity contribution in [3.05, 3.63) is 29.8 Å². The first-order valence-electron chi connectivity index (χ1n) is 4.59. The van der Waals surface area contributed by atoms with E-state index in [-0.39, 0.29) is 0 Å². The Labute approximate surface area is 82.8 Å². The zero-order valence-electron chi connectivity index (χ0n) is 8.74. The molecule has 2 heteroatoms. The van der Waals surface area contributed by atoms with Crippen molar-refractivity contribution in [1.29, 1.82) is 0 Å². The number of rotatable bonds is 2. The predicted octanol–water partition coefficient (Wildman–Crippen LogP) is 2.62. The maximum absolute atomic E-state index is 12.3. The molecule has 0 aliphatic heterocycles. The third-order valence-electron chi connectivity index (χ3n) is 2.53. The molecule has 0 heterocycles. The van der Waals surface area contributed by atoms with Crippen LogP contribution in [-0.2, 0) is 3.74 Å². The van der Waals surface area contributed by atoms with E-state index in [2.05, 4.69) is 0 Å². The Hall–Kier alpha value is -0.422. The summed E-state index contributed by atoms with van der Waals surface area (Å²) in [5, 5.41) is 0. The van der Waals surface area contributed by atoms with Crippen LogP contribution in [0.5, 0.6) is 0 Å². The van der Waals surface area contributed by atoms with Crippen LogP contribution in [0.4, 0.5) is 0 Å². The second-order valence-electron chi connectivity index (χ2n) is 3.92. The molecule has 0 aliphatic carbocycles. The fourth-order valence-corrected chi connectivity index (χ4v) is 3.94. The quantitative estimate of drug-likeness (QED) is 0.726. The van der Waals surface area contributed by atoms with Gasteiger partial charge in [0.25, 0.3) is 0 Å². The topological polar surface area (TPSA) is 17.1 Å². The monoisotopic (exact) mass is 240 g/mol. The van der Waals surface area contributed by atoms with Gasteiger partial charge in [-0.25, -0.2) is 0 Å². The summed E-state index contributed by atoms with van der Waals surface area (Å²) >= 11 is -2.78. The zero-order chi connectivity index (χ0) is 10.1. The van der Waals surface area contributed by atoms with E-state index in [1.54, 1.807) is 0 Å². The van der Waals surface area contributed by atoms with Crippen LogP contribution in [0.25, 0.3) is 0 Å². The van der Waals surface area contributed by atoms with E-state index in [9.17, 15) is 3.74 Å². The SMILES string of the molecule is Cc1ccc([As](C)(=O)C(C)C)cc1. The van der Waals surface area contributed by atoms with Crippen molar-refractivity contribution < 1.29 is 3.74 Å². The van der Waals surface area contributed by atoms with Crippen LogP contribution in [0.2, 0.25) is 10.4 Å². The van der Waals surface area contributed by atoms with Gasteiger partial charge in [-0.15, -0.1) is 0 Å².